The molecule has 0 fully saturated rings. The summed E-state index contributed by atoms with van der Waals surface area (Å²) in [6.45, 7) is 4.23. The standard InChI is InChI=1S/C52H34N4/c1-33-9-7-11-35(25-33)37-17-21-47-45-13-3-5-15-49(45)55(51(47)29-37)41-19-23-43(39(27-41)31-53)44-24-20-42(28-40(44)32-54)56-50-16-6-4-14-46(50)48-22-18-38(30-52(48)56)36-12-8-10-34(2)26-36/h3-30H,1-2H3. The van der Waals surface area contributed by atoms with Gasteiger partial charge in [0.15, 0.2) is 0 Å². The topological polar surface area (TPSA) is 57.4 Å². The zero-order chi connectivity index (χ0) is 37.9. The number of benzene rings is 8. The van der Waals surface area contributed by atoms with E-state index in [-0.39, 0.29) is 0 Å². The molecule has 0 radical (unpaired) electrons. The zero-order valence-electron chi connectivity index (χ0n) is 31.0. The Morgan fingerprint density at radius 2 is 0.768 bits per heavy atom. The normalized spacial score (nSPS) is 11.4. The van der Waals surface area contributed by atoms with E-state index in [2.05, 4.69) is 181 Å². The van der Waals surface area contributed by atoms with Crippen LogP contribution in [0.4, 0.5) is 0 Å². The molecular formula is C52H34N4. The van der Waals surface area contributed by atoms with E-state index in [1.807, 2.05) is 24.3 Å². The molecule has 10 rings (SSSR count). The molecule has 2 heterocycles. The minimum absolute atomic E-state index is 0.507. The fraction of sp³-hybridized carbons (Fsp3) is 0.0385. The largest absolute Gasteiger partial charge is 0.309 e. The van der Waals surface area contributed by atoms with E-state index in [0.717, 1.165) is 88.4 Å². The second-order valence-corrected chi connectivity index (χ2v) is 14.6. The molecule has 0 saturated carbocycles. The van der Waals surface area contributed by atoms with E-state index >= 15 is 0 Å². The Balaban J connectivity index is 1.11. The summed E-state index contributed by atoms with van der Waals surface area (Å²) in [7, 11) is 0. The molecule has 2 aromatic heterocycles. The third-order valence-corrected chi connectivity index (χ3v) is 11.1. The van der Waals surface area contributed by atoms with Gasteiger partial charge in [-0.3, -0.25) is 0 Å². The minimum Gasteiger partial charge on any atom is -0.309 e. The van der Waals surface area contributed by atoms with E-state index < -0.39 is 0 Å². The molecule has 4 heteroatoms. The third kappa shape index (κ3) is 5.28. The van der Waals surface area contributed by atoms with Gasteiger partial charge in [0.05, 0.1) is 45.3 Å². The Bertz CT molecular complexity index is 3080. The number of hydrogen-bond donors (Lipinski definition) is 0. The van der Waals surface area contributed by atoms with Crippen LogP contribution in [-0.2, 0) is 0 Å². The van der Waals surface area contributed by atoms with Crippen molar-refractivity contribution in [2.75, 3.05) is 0 Å². The van der Waals surface area contributed by atoms with Crippen LogP contribution in [0, 0.1) is 36.5 Å². The Morgan fingerprint density at radius 3 is 1.20 bits per heavy atom. The maximum absolute atomic E-state index is 10.6. The predicted molar refractivity (Wildman–Crippen MR) is 230 cm³/mol. The second kappa shape index (κ2) is 13.0. The fourth-order valence-corrected chi connectivity index (χ4v) is 8.50. The number of rotatable bonds is 5. The van der Waals surface area contributed by atoms with Gasteiger partial charge in [-0.25, -0.2) is 0 Å². The molecule has 0 amide bonds. The summed E-state index contributed by atoms with van der Waals surface area (Å²) in [4.78, 5) is 0. The molecule has 0 saturated heterocycles. The van der Waals surface area contributed by atoms with Gasteiger partial charge in [-0.15, -0.1) is 0 Å². The van der Waals surface area contributed by atoms with E-state index in [1.165, 1.54) is 11.1 Å². The average molecular weight is 715 g/mol. The molecule has 0 aliphatic heterocycles. The van der Waals surface area contributed by atoms with Crippen LogP contribution in [0.2, 0.25) is 0 Å². The number of nitriles is 2. The molecule has 56 heavy (non-hydrogen) atoms. The highest BCUT2D eigenvalue weighted by Crippen LogP contribution is 2.39. The van der Waals surface area contributed by atoms with Crippen LogP contribution < -0.4 is 0 Å². The summed E-state index contributed by atoms with van der Waals surface area (Å²) >= 11 is 0. The number of aryl methyl sites for hydroxylation is 2. The molecular weight excluding hydrogens is 681 g/mol. The maximum atomic E-state index is 10.6. The van der Waals surface area contributed by atoms with Crippen LogP contribution in [-0.4, -0.2) is 9.13 Å². The summed E-state index contributed by atoms with van der Waals surface area (Å²) in [5.74, 6) is 0. The van der Waals surface area contributed by atoms with Gasteiger partial charge in [0.1, 0.15) is 0 Å². The van der Waals surface area contributed by atoms with Crippen molar-refractivity contribution in [2.24, 2.45) is 0 Å². The first kappa shape index (κ1) is 32.9. The number of fused-ring (bicyclic) bond motifs is 6. The van der Waals surface area contributed by atoms with Gasteiger partial charge >= 0.3 is 0 Å². The Hall–Kier alpha value is -7.66. The quantitative estimate of drug-likeness (QED) is 0.178. The summed E-state index contributed by atoms with van der Waals surface area (Å²) in [5.41, 5.74) is 15.5. The molecule has 0 N–H and O–H groups in total. The van der Waals surface area contributed by atoms with Crippen LogP contribution in [0.5, 0.6) is 0 Å². The lowest BCUT2D eigenvalue weighted by Crippen LogP contribution is -1.99. The highest BCUT2D eigenvalue weighted by atomic mass is 15.0. The molecule has 0 aliphatic carbocycles. The molecule has 0 unspecified atom stereocenters. The first-order valence-corrected chi connectivity index (χ1v) is 18.8. The van der Waals surface area contributed by atoms with Crippen molar-refractivity contribution in [2.45, 2.75) is 13.8 Å². The fourth-order valence-electron chi connectivity index (χ4n) is 8.50. The first-order chi connectivity index (χ1) is 27.5. The van der Waals surface area contributed by atoms with Crippen molar-refractivity contribution in [3.8, 4) is 56.9 Å². The van der Waals surface area contributed by atoms with Gasteiger partial charge in [-0.1, -0.05) is 132 Å². The van der Waals surface area contributed by atoms with Crippen LogP contribution in [0.1, 0.15) is 22.3 Å². The van der Waals surface area contributed by atoms with Crippen molar-refractivity contribution in [3.63, 3.8) is 0 Å². The van der Waals surface area contributed by atoms with Crippen molar-refractivity contribution in [1.82, 2.24) is 9.13 Å². The summed E-state index contributed by atoms with van der Waals surface area (Å²) in [6, 6.07) is 64.2. The maximum Gasteiger partial charge on any atom is 0.0998 e. The Labute approximate surface area is 325 Å². The van der Waals surface area contributed by atoms with Gasteiger partial charge in [0.2, 0.25) is 0 Å². The van der Waals surface area contributed by atoms with Gasteiger partial charge < -0.3 is 9.13 Å². The van der Waals surface area contributed by atoms with Crippen molar-refractivity contribution in [1.29, 1.82) is 10.5 Å². The monoisotopic (exact) mass is 714 g/mol. The van der Waals surface area contributed by atoms with Crippen molar-refractivity contribution < 1.29 is 0 Å². The van der Waals surface area contributed by atoms with Gasteiger partial charge in [0.25, 0.3) is 0 Å². The highest BCUT2D eigenvalue weighted by molar-refractivity contribution is 6.11. The van der Waals surface area contributed by atoms with E-state index in [1.54, 1.807) is 0 Å². The molecule has 262 valence electrons. The smallest absolute Gasteiger partial charge is 0.0998 e. The molecule has 10 aromatic rings. The summed E-state index contributed by atoms with van der Waals surface area (Å²) in [5, 5.41) is 25.9. The van der Waals surface area contributed by atoms with Gasteiger partial charge in [-0.2, -0.15) is 10.5 Å². The highest BCUT2D eigenvalue weighted by Gasteiger charge is 2.19. The second-order valence-electron chi connectivity index (χ2n) is 14.6. The van der Waals surface area contributed by atoms with Gasteiger partial charge in [0, 0.05) is 44.0 Å². The molecule has 4 nitrogen and oxygen atoms in total. The first-order valence-electron chi connectivity index (χ1n) is 18.8. The van der Waals surface area contributed by atoms with Crippen LogP contribution in [0.25, 0.3) is 88.4 Å². The van der Waals surface area contributed by atoms with Crippen LogP contribution in [0.15, 0.2) is 170 Å². The van der Waals surface area contributed by atoms with Crippen molar-refractivity contribution >= 4 is 43.6 Å². The number of para-hydroxylation sites is 2. The third-order valence-electron chi connectivity index (χ3n) is 11.1. The number of aromatic nitrogens is 2. The van der Waals surface area contributed by atoms with Gasteiger partial charge in [-0.05, 0) is 84.6 Å². The molecule has 0 atom stereocenters. The molecule has 8 aromatic carbocycles. The lowest BCUT2D eigenvalue weighted by atomic mass is 9.95. The molecule has 0 aliphatic rings. The van der Waals surface area contributed by atoms with Crippen LogP contribution in [0.3, 0.4) is 0 Å². The summed E-state index contributed by atoms with van der Waals surface area (Å²) in [6.07, 6.45) is 0. The number of nitrogens with zero attached hydrogens (tertiary/aromatic N) is 4. The summed E-state index contributed by atoms with van der Waals surface area (Å²) < 4.78 is 4.49. The Morgan fingerprint density at radius 1 is 0.357 bits per heavy atom. The van der Waals surface area contributed by atoms with E-state index in [4.69, 9.17) is 0 Å². The lowest BCUT2D eigenvalue weighted by Gasteiger charge is -2.14. The average Bonchev–Trinajstić information content (AvgIpc) is 3.75. The van der Waals surface area contributed by atoms with Crippen molar-refractivity contribution in [3.05, 3.63) is 192 Å². The minimum atomic E-state index is 0.507. The Kier molecular flexibility index (Phi) is 7.66. The number of hydrogen-bond acceptors (Lipinski definition) is 2. The zero-order valence-corrected chi connectivity index (χ0v) is 31.0. The molecule has 0 spiro atoms. The van der Waals surface area contributed by atoms with E-state index in [0.29, 0.717) is 11.1 Å². The van der Waals surface area contributed by atoms with Crippen LogP contribution >= 0.6 is 0 Å². The molecule has 0 bridgehead atoms. The predicted octanol–water partition coefficient (Wildman–Crippen LogP) is 13.2. The SMILES string of the molecule is Cc1cccc(-c2ccc3c4ccccc4n(-c4ccc(-c5ccc(-n6c7ccccc7c7ccc(-c8cccc(C)c8)cc76)cc5C#N)c(C#N)c4)c3c2)c1. The van der Waals surface area contributed by atoms with E-state index in [9.17, 15) is 10.5 Å². The lowest BCUT2D eigenvalue weighted by molar-refractivity contribution is 1.17.